The quantitative estimate of drug-likeness (QED) is 0.443. The summed E-state index contributed by atoms with van der Waals surface area (Å²) in [6.45, 7) is 3.63. The van der Waals surface area contributed by atoms with Crippen LogP contribution in [0, 0.1) is 19.7 Å². The van der Waals surface area contributed by atoms with E-state index in [1.54, 1.807) is 12.1 Å². The Morgan fingerprint density at radius 1 is 0.969 bits per heavy atom. The minimum absolute atomic E-state index is 0.0786. The van der Waals surface area contributed by atoms with Crippen molar-refractivity contribution in [1.82, 2.24) is 0 Å². The number of ether oxygens (including phenoxy) is 2. The average molecular weight is 433 g/mol. The molecule has 162 valence electrons. The second-order valence-corrected chi connectivity index (χ2v) is 7.36. The minimum atomic E-state index is -0.407. The predicted octanol–water partition coefficient (Wildman–Crippen LogP) is 5.36. The number of hydrogen-bond acceptors (Lipinski definition) is 5. The predicted molar refractivity (Wildman–Crippen MR) is 119 cm³/mol. The van der Waals surface area contributed by atoms with Gasteiger partial charge in [0.2, 0.25) is 11.2 Å². The zero-order chi connectivity index (χ0) is 22.7. The third kappa shape index (κ3) is 4.95. The number of carbonyl (C=O) groups is 1. The van der Waals surface area contributed by atoms with Crippen molar-refractivity contribution in [2.45, 2.75) is 13.8 Å². The smallest absolute Gasteiger partial charge is 0.262 e. The van der Waals surface area contributed by atoms with Gasteiger partial charge in [0, 0.05) is 11.8 Å². The van der Waals surface area contributed by atoms with Crippen LogP contribution in [0.3, 0.4) is 0 Å². The van der Waals surface area contributed by atoms with Gasteiger partial charge in [-0.15, -0.1) is 0 Å². The van der Waals surface area contributed by atoms with Gasteiger partial charge in [0.15, 0.2) is 6.61 Å². The highest BCUT2D eigenvalue weighted by Gasteiger charge is 2.12. The van der Waals surface area contributed by atoms with Crippen LogP contribution in [0.25, 0.3) is 11.0 Å². The Labute approximate surface area is 183 Å². The Balaban J connectivity index is 1.46. The zero-order valence-corrected chi connectivity index (χ0v) is 17.5. The van der Waals surface area contributed by atoms with Gasteiger partial charge in [0.25, 0.3) is 5.91 Å². The fourth-order valence-corrected chi connectivity index (χ4v) is 3.25. The second-order valence-electron chi connectivity index (χ2n) is 7.36. The van der Waals surface area contributed by atoms with Crippen molar-refractivity contribution in [2.24, 2.45) is 0 Å². The first kappa shape index (κ1) is 21.1. The van der Waals surface area contributed by atoms with Crippen molar-refractivity contribution in [2.75, 3.05) is 11.9 Å². The molecule has 32 heavy (non-hydrogen) atoms. The molecule has 0 fully saturated rings. The van der Waals surface area contributed by atoms with Crippen LogP contribution in [0.1, 0.15) is 11.1 Å². The molecule has 0 aliphatic heterocycles. The number of hydrogen-bond donors (Lipinski definition) is 1. The molecule has 1 amide bonds. The minimum Gasteiger partial charge on any atom is -0.484 e. The summed E-state index contributed by atoms with van der Waals surface area (Å²) >= 11 is 0. The molecule has 1 aromatic heterocycles. The highest BCUT2D eigenvalue weighted by molar-refractivity contribution is 5.91. The van der Waals surface area contributed by atoms with E-state index in [2.05, 4.69) is 5.32 Å². The number of benzene rings is 3. The molecular formula is C25H20FNO5. The lowest BCUT2D eigenvalue weighted by atomic mass is 10.1. The number of rotatable bonds is 6. The van der Waals surface area contributed by atoms with E-state index in [0.29, 0.717) is 28.2 Å². The number of carbonyl (C=O) groups excluding carboxylic acids is 1. The van der Waals surface area contributed by atoms with Crippen LogP contribution in [-0.2, 0) is 4.79 Å². The van der Waals surface area contributed by atoms with Crippen LogP contribution in [0.2, 0.25) is 0 Å². The van der Waals surface area contributed by atoms with E-state index in [-0.39, 0.29) is 23.6 Å². The lowest BCUT2D eigenvalue weighted by Gasteiger charge is -2.09. The molecule has 1 heterocycles. The van der Waals surface area contributed by atoms with Crippen LogP contribution >= 0.6 is 0 Å². The molecule has 0 radical (unpaired) electrons. The zero-order valence-electron chi connectivity index (χ0n) is 17.5. The van der Waals surface area contributed by atoms with Gasteiger partial charge < -0.3 is 19.2 Å². The maximum atomic E-state index is 12.9. The summed E-state index contributed by atoms with van der Waals surface area (Å²) < 4.78 is 29.7. The van der Waals surface area contributed by atoms with Gasteiger partial charge in [-0.1, -0.05) is 6.07 Å². The maximum Gasteiger partial charge on any atom is 0.262 e. The van der Waals surface area contributed by atoms with E-state index < -0.39 is 5.91 Å². The molecule has 0 spiro atoms. The Morgan fingerprint density at radius 3 is 2.41 bits per heavy atom. The standard InChI is InChI=1S/C25H20FNO5/c1-15-9-16(2)11-20(10-15)32-23-13-31-22-12-19(7-8-21(22)25(23)29)30-14-24(28)27-18-5-3-17(26)4-6-18/h3-13H,14H2,1-2H3,(H,27,28). The molecule has 7 heteroatoms. The number of halogens is 1. The first-order valence-electron chi connectivity index (χ1n) is 9.87. The highest BCUT2D eigenvalue weighted by Crippen LogP contribution is 2.25. The summed E-state index contributed by atoms with van der Waals surface area (Å²) in [5.74, 6) is 0.198. The van der Waals surface area contributed by atoms with Gasteiger partial charge in [-0.05, 0) is 73.5 Å². The van der Waals surface area contributed by atoms with E-state index in [9.17, 15) is 14.0 Å². The van der Waals surface area contributed by atoms with Crippen molar-refractivity contribution in [3.8, 4) is 17.2 Å². The topological polar surface area (TPSA) is 77.8 Å². The third-order valence-corrected chi connectivity index (χ3v) is 4.64. The summed E-state index contributed by atoms with van der Waals surface area (Å²) in [5.41, 5.74) is 2.50. The molecule has 6 nitrogen and oxygen atoms in total. The fourth-order valence-electron chi connectivity index (χ4n) is 3.25. The van der Waals surface area contributed by atoms with Crippen LogP contribution < -0.4 is 20.2 Å². The van der Waals surface area contributed by atoms with Crippen LogP contribution in [-0.4, -0.2) is 12.5 Å². The lowest BCUT2D eigenvalue weighted by Crippen LogP contribution is -2.20. The number of fused-ring (bicyclic) bond motifs is 1. The summed E-state index contributed by atoms with van der Waals surface area (Å²) in [4.78, 5) is 24.8. The summed E-state index contributed by atoms with van der Waals surface area (Å²) in [7, 11) is 0. The van der Waals surface area contributed by atoms with Crippen LogP contribution in [0.15, 0.2) is 76.1 Å². The van der Waals surface area contributed by atoms with Crippen LogP contribution in [0.5, 0.6) is 17.2 Å². The van der Waals surface area contributed by atoms with Crippen molar-refractivity contribution < 1.29 is 23.1 Å². The van der Waals surface area contributed by atoms with Gasteiger partial charge in [0.05, 0.1) is 5.39 Å². The second kappa shape index (κ2) is 8.93. The first-order chi connectivity index (χ1) is 15.4. The maximum absolute atomic E-state index is 12.9. The van der Waals surface area contributed by atoms with Crippen molar-refractivity contribution >= 4 is 22.6 Å². The van der Waals surface area contributed by atoms with E-state index >= 15 is 0 Å². The number of nitrogens with one attached hydrogen (secondary N) is 1. The molecule has 0 unspecified atom stereocenters. The van der Waals surface area contributed by atoms with Gasteiger partial charge in [-0.25, -0.2) is 4.39 Å². The monoisotopic (exact) mass is 433 g/mol. The van der Waals surface area contributed by atoms with Gasteiger partial charge >= 0.3 is 0 Å². The third-order valence-electron chi connectivity index (χ3n) is 4.64. The summed E-state index contributed by atoms with van der Waals surface area (Å²) in [6.07, 6.45) is 1.26. The SMILES string of the molecule is Cc1cc(C)cc(Oc2coc3cc(OCC(=O)Nc4ccc(F)cc4)ccc3c2=O)c1. The Hall–Kier alpha value is -4.13. The fraction of sp³-hybridized carbons (Fsp3) is 0.120. The lowest BCUT2D eigenvalue weighted by molar-refractivity contribution is -0.118. The number of anilines is 1. The molecule has 0 saturated carbocycles. The Morgan fingerprint density at radius 2 is 1.69 bits per heavy atom. The Kier molecular flexibility index (Phi) is 5.89. The molecule has 0 atom stereocenters. The first-order valence-corrected chi connectivity index (χ1v) is 9.87. The van der Waals surface area contributed by atoms with E-state index in [4.69, 9.17) is 13.9 Å². The van der Waals surface area contributed by atoms with Crippen molar-refractivity contribution in [3.63, 3.8) is 0 Å². The van der Waals surface area contributed by atoms with Crippen molar-refractivity contribution in [3.05, 3.63) is 94.1 Å². The average Bonchev–Trinajstić information content (AvgIpc) is 2.75. The van der Waals surface area contributed by atoms with Crippen molar-refractivity contribution in [1.29, 1.82) is 0 Å². The molecule has 0 bridgehead atoms. The highest BCUT2D eigenvalue weighted by atomic mass is 19.1. The molecule has 0 aliphatic rings. The molecule has 0 saturated heterocycles. The molecule has 1 N–H and O–H groups in total. The van der Waals surface area contributed by atoms with Gasteiger partial charge in [-0.3, -0.25) is 9.59 Å². The normalized spacial score (nSPS) is 10.7. The van der Waals surface area contributed by atoms with E-state index in [1.165, 1.54) is 36.6 Å². The van der Waals surface area contributed by atoms with Gasteiger partial charge in [0.1, 0.15) is 29.2 Å². The number of aryl methyl sites for hydroxylation is 2. The molecule has 4 aromatic rings. The Bertz CT molecular complexity index is 1320. The summed E-state index contributed by atoms with van der Waals surface area (Å²) in [5, 5.41) is 2.93. The molecule has 3 aromatic carbocycles. The molecule has 0 aliphatic carbocycles. The summed E-state index contributed by atoms with van der Waals surface area (Å²) in [6, 6.07) is 15.8. The number of amides is 1. The van der Waals surface area contributed by atoms with Crippen LogP contribution in [0.4, 0.5) is 10.1 Å². The van der Waals surface area contributed by atoms with Gasteiger partial charge in [-0.2, -0.15) is 0 Å². The van der Waals surface area contributed by atoms with E-state index in [1.807, 2.05) is 32.0 Å². The largest absolute Gasteiger partial charge is 0.484 e. The van der Waals surface area contributed by atoms with E-state index in [0.717, 1.165) is 11.1 Å². The molecule has 4 rings (SSSR count). The molecular weight excluding hydrogens is 413 g/mol.